The zero-order valence-electron chi connectivity index (χ0n) is 11.9. The van der Waals surface area contributed by atoms with E-state index in [1.807, 2.05) is 6.07 Å². The number of fused-ring (bicyclic) bond motifs is 1. The fraction of sp³-hybridized carbons (Fsp3) is 0.412. The van der Waals surface area contributed by atoms with E-state index in [1.165, 1.54) is 12.0 Å². The summed E-state index contributed by atoms with van der Waals surface area (Å²) in [5.41, 5.74) is 2.74. The van der Waals surface area contributed by atoms with Crippen LogP contribution in [0.2, 0.25) is 0 Å². The molecule has 1 fully saturated rings. The van der Waals surface area contributed by atoms with Crippen molar-refractivity contribution in [3.8, 4) is 0 Å². The van der Waals surface area contributed by atoms with Gasteiger partial charge in [0.2, 0.25) is 0 Å². The predicted octanol–water partition coefficient (Wildman–Crippen LogP) is 2.31. The van der Waals surface area contributed by atoms with Gasteiger partial charge in [0, 0.05) is 6.42 Å². The lowest BCUT2D eigenvalue weighted by molar-refractivity contribution is 0.107. The van der Waals surface area contributed by atoms with Crippen LogP contribution in [-0.2, 0) is 23.2 Å². The number of aromatic nitrogens is 2. The van der Waals surface area contributed by atoms with E-state index >= 15 is 0 Å². The van der Waals surface area contributed by atoms with E-state index in [2.05, 4.69) is 29.2 Å². The van der Waals surface area contributed by atoms with Crippen LogP contribution in [0.3, 0.4) is 0 Å². The van der Waals surface area contributed by atoms with Crippen LogP contribution in [0.5, 0.6) is 0 Å². The second-order valence-electron chi connectivity index (χ2n) is 5.94. The summed E-state index contributed by atoms with van der Waals surface area (Å²) in [4.78, 5) is 20.2. The number of hydrogen-bond acceptors (Lipinski definition) is 3. The predicted molar refractivity (Wildman–Crippen MR) is 79.3 cm³/mol. The summed E-state index contributed by atoms with van der Waals surface area (Å²) in [6.07, 6.45) is 4.01. The molecule has 0 unspecified atom stereocenters. The first-order valence-electron chi connectivity index (χ1n) is 7.55. The molecule has 0 radical (unpaired) electrons. The highest BCUT2D eigenvalue weighted by molar-refractivity contribution is 5.36. The lowest BCUT2D eigenvalue weighted by Crippen LogP contribution is -2.40. The first kappa shape index (κ1) is 12.8. The Kier molecular flexibility index (Phi) is 2.93. The summed E-state index contributed by atoms with van der Waals surface area (Å²) in [5, 5.41) is 0. The summed E-state index contributed by atoms with van der Waals surface area (Å²) in [5.74, 6) is 0.839. The molecule has 2 aromatic rings. The average Bonchev–Trinajstić information content (AvgIpc) is 2.47. The third-order valence-corrected chi connectivity index (χ3v) is 4.82. The molecule has 1 saturated carbocycles. The van der Waals surface area contributed by atoms with Gasteiger partial charge in [-0.05, 0) is 18.4 Å². The molecule has 1 aliphatic heterocycles. The number of hydrogen-bond donors (Lipinski definition) is 1. The lowest BCUT2D eigenvalue weighted by atomic mass is 9.64. The Balaban J connectivity index is 1.85. The Hall–Kier alpha value is -1.94. The van der Waals surface area contributed by atoms with Crippen molar-refractivity contribution in [1.82, 2.24) is 9.97 Å². The molecule has 1 aromatic heterocycles. The second kappa shape index (κ2) is 4.81. The number of benzene rings is 1. The van der Waals surface area contributed by atoms with E-state index in [1.54, 1.807) is 0 Å². The summed E-state index contributed by atoms with van der Waals surface area (Å²) in [6.45, 7) is 1.04. The van der Waals surface area contributed by atoms with Crippen molar-refractivity contribution >= 4 is 0 Å². The number of rotatable bonds is 2. The molecule has 1 N–H and O–H groups in total. The van der Waals surface area contributed by atoms with Crippen LogP contribution in [0.25, 0.3) is 0 Å². The van der Waals surface area contributed by atoms with Gasteiger partial charge >= 0.3 is 0 Å². The molecular formula is C17H18N2O2. The molecule has 0 spiro atoms. The molecule has 1 aliphatic carbocycles. The minimum absolute atomic E-state index is 0.0306. The number of H-pyrrole nitrogens is 1. The maximum Gasteiger partial charge on any atom is 0.256 e. The summed E-state index contributed by atoms with van der Waals surface area (Å²) in [7, 11) is 0. The monoisotopic (exact) mass is 282 g/mol. The molecule has 4 heteroatoms. The number of ether oxygens (including phenoxy) is 1. The van der Waals surface area contributed by atoms with E-state index in [0.717, 1.165) is 30.8 Å². The molecular weight excluding hydrogens is 264 g/mol. The molecule has 0 atom stereocenters. The Morgan fingerprint density at radius 3 is 2.71 bits per heavy atom. The molecule has 2 aliphatic rings. The van der Waals surface area contributed by atoms with Crippen LogP contribution in [0.1, 0.15) is 41.9 Å². The maximum atomic E-state index is 12.3. The van der Waals surface area contributed by atoms with Crippen molar-refractivity contribution < 1.29 is 4.74 Å². The maximum absolute atomic E-state index is 12.3. The number of nitrogens with zero attached hydrogens (tertiary/aromatic N) is 1. The average molecular weight is 282 g/mol. The second-order valence-corrected chi connectivity index (χ2v) is 5.94. The van der Waals surface area contributed by atoms with E-state index in [4.69, 9.17) is 9.72 Å². The molecule has 21 heavy (non-hydrogen) atoms. The highest BCUT2D eigenvalue weighted by Crippen LogP contribution is 2.47. The molecule has 0 saturated heterocycles. The van der Waals surface area contributed by atoms with Crippen LogP contribution in [0.15, 0.2) is 35.1 Å². The Bertz CT molecular complexity index is 717. The molecule has 0 bridgehead atoms. The van der Waals surface area contributed by atoms with Crippen molar-refractivity contribution in [1.29, 1.82) is 0 Å². The van der Waals surface area contributed by atoms with E-state index in [0.29, 0.717) is 18.8 Å². The van der Waals surface area contributed by atoms with Gasteiger partial charge in [-0.15, -0.1) is 0 Å². The van der Waals surface area contributed by atoms with Gasteiger partial charge in [-0.3, -0.25) is 4.79 Å². The third-order valence-electron chi connectivity index (χ3n) is 4.82. The highest BCUT2D eigenvalue weighted by atomic mass is 16.5. The van der Waals surface area contributed by atoms with E-state index in [9.17, 15) is 4.79 Å². The molecule has 1 aromatic carbocycles. The van der Waals surface area contributed by atoms with Crippen LogP contribution in [-0.4, -0.2) is 16.6 Å². The van der Waals surface area contributed by atoms with Gasteiger partial charge in [-0.25, -0.2) is 4.98 Å². The van der Waals surface area contributed by atoms with Crippen molar-refractivity contribution in [2.45, 2.75) is 37.7 Å². The van der Waals surface area contributed by atoms with Gasteiger partial charge in [-0.2, -0.15) is 0 Å². The quantitative estimate of drug-likeness (QED) is 0.919. The smallest absolute Gasteiger partial charge is 0.256 e. The summed E-state index contributed by atoms with van der Waals surface area (Å²) < 4.78 is 5.37. The molecule has 108 valence electrons. The van der Waals surface area contributed by atoms with Crippen molar-refractivity contribution in [2.24, 2.45) is 0 Å². The topological polar surface area (TPSA) is 55.0 Å². The standard InChI is InChI=1S/C17H18N2O2/c20-15-13-11-21-10-7-14(13)18-16(19-15)17(8-4-9-17)12-5-2-1-3-6-12/h1-3,5-6H,4,7-11H2,(H,18,19,20). The van der Waals surface area contributed by atoms with E-state index in [-0.39, 0.29) is 11.0 Å². The number of aromatic amines is 1. The fourth-order valence-corrected chi connectivity index (χ4v) is 3.42. The van der Waals surface area contributed by atoms with E-state index < -0.39 is 0 Å². The Labute approximate surface area is 123 Å². The molecule has 4 nitrogen and oxygen atoms in total. The molecule has 4 rings (SSSR count). The third kappa shape index (κ3) is 1.94. The first-order chi connectivity index (χ1) is 10.3. The van der Waals surface area contributed by atoms with Crippen LogP contribution in [0, 0.1) is 0 Å². The zero-order valence-corrected chi connectivity index (χ0v) is 11.9. The SMILES string of the molecule is O=c1[nH]c(C2(c3ccccc3)CCC2)nc2c1COCC2. The van der Waals surface area contributed by atoms with Gasteiger partial charge in [0.25, 0.3) is 5.56 Å². The van der Waals surface area contributed by atoms with Gasteiger partial charge < -0.3 is 9.72 Å². The van der Waals surface area contributed by atoms with Crippen molar-refractivity contribution in [3.63, 3.8) is 0 Å². The summed E-state index contributed by atoms with van der Waals surface area (Å²) >= 11 is 0. The van der Waals surface area contributed by atoms with Gasteiger partial charge in [0.15, 0.2) is 0 Å². The minimum atomic E-state index is -0.103. The van der Waals surface area contributed by atoms with Gasteiger partial charge in [-0.1, -0.05) is 36.8 Å². The largest absolute Gasteiger partial charge is 0.376 e. The van der Waals surface area contributed by atoms with Crippen molar-refractivity contribution in [3.05, 3.63) is 63.3 Å². The van der Waals surface area contributed by atoms with Crippen LogP contribution >= 0.6 is 0 Å². The fourth-order valence-electron chi connectivity index (χ4n) is 3.42. The highest BCUT2D eigenvalue weighted by Gasteiger charge is 2.43. The Morgan fingerprint density at radius 1 is 1.19 bits per heavy atom. The summed E-state index contributed by atoms with van der Waals surface area (Å²) in [6, 6.07) is 10.4. The lowest BCUT2D eigenvalue weighted by Gasteiger charge is -2.41. The van der Waals surface area contributed by atoms with Crippen LogP contribution < -0.4 is 5.56 Å². The van der Waals surface area contributed by atoms with Crippen molar-refractivity contribution in [2.75, 3.05) is 6.61 Å². The zero-order chi connectivity index (χ0) is 14.3. The normalized spacial score (nSPS) is 19.6. The minimum Gasteiger partial charge on any atom is -0.376 e. The molecule has 0 amide bonds. The Morgan fingerprint density at radius 2 is 2.00 bits per heavy atom. The first-order valence-corrected chi connectivity index (χ1v) is 7.55. The molecule has 2 heterocycles. The van der Waals surface area contributed by atoms with Gasteiger partial charge in [0.05, 0.1) is 29.9 Å². The number of nitrogens with one attached hydrogen (secondary N) is 1. The van der Waals surface area contributed by atoms with Gasteiger partial charge in [0.1, 0.15) is 5.82 Å². The van der Waals surface area contributed by atoms with Crippen LogP contribution in [0.4, 0.5) is 0 Å².